The molecule has 0 heterocycles. The Labute approximate surface area is 213 Å². The second-order valence-corrected chi connectivity index (χ2v) is 9.94. The maximum absolute atomic E-state index is 6.17. The highest BCUT2D eigenvalue weighted by atomic mass is 15.1. The summed E-state index contributed by atoms with van der Waals surface area (Å²) in [4.78, 5) is 0. The fourth-order valence-corrected chi connectivity index (χ4v) is 4.74. The van der Waals surface area contributed by atoms with Crippen LogP contribution in [0.1, 0.15) is 102 Å². The number of anilines is 1. The number of nitrogens with two attached hydrogens (primary N) is 1. The van der Waals surface area contributed by atoms with Crippen LogP contribution in [0.4, 0.5) is 17.1 Å². The first-order valence-electron chi connectivity index (χ1n) is 14.1. The summed E-state index contributed by atoms with van der Waals surface area (Å²) in [5.41, 5.74) is 9.81. The van der Waals surface area contributed by atoms with Crippen LogP contribution in [0.5, 0.6) is 0 Å². The minimum absolute atomic E-state index is 0.655. The van der Waals surface area contributed by atoms with E-state index in [0.29, 0.717) is 5.69 Å². The number of nitrogen functional groups attached to an aromatic ring is 1. The molecular formula is C32H45N3. The van der Waals surface area contributed by atoms with Gasteiger partial charge in [-0.25, -0.2) is 0 Å². The van der Waals surface area contributed by atoms with Gasteiger partial charge in [-0.05, 0) is 42.0 Å². The number of nitrogens with zero attached hydrogens (tertiary/aromatic N) is 2. The number of fused-ring (bicyclic) bond motifs is 1. The molecule has 0 spiro atoms. The van der Waals surface area contributed by atoms with E-state index < -0.39 is 0 Å². The van der Waals surface area contributed by atoms with Crippen LogP contribution in [-0.2, 0) is 6.42 Å². The quantitative estimate of drug-likeness (QED) is 0.119. The van der Waals surface area contributed by atoms with Gasteiger partial charge in [-0.3, -0.25) is 0 Å². The molecule has 3 nitrogen and oxygen atoms in total. The predicted octanol–water partition coefficient (Wildman–Crippen LogP) is 10.9. The Balaban J connectivity index is 1.28. The molecule has 0 aliphatic carbocycles. The van der Waals surface area contributed by atoms with Gasteiger partial charge in [0, 0.05) is 5.39 Å². The molecule has 0 amide bonds. The highest BCUT2D eigenvalue weighted by molar-refractivity contribution is 5.97. The van der Waals surface area contributed by atoms with E-state index in [1.54, 1.807) is 0 Å². The molecule has 3 heteroatoms. The van der Waals surface area contributed by atoms with E-state index in [0.717, 1.165) is 28.6 Å². The van der Waals surface area contributed by atoms with Crippen molar-refractivity contribution in [2.45, 2.75) is 103 Å². The average Bonchev–Trinajstić information content (AvgIpc) is 2.89. The van der Waals surface area contributed by atoms with Gasteiger partial charge in [0.1, 0.15) is 5.69 Å². The number of benzene rings is 3. The van der Waals surface area contributed by atoms with Crippen LogP contribution in [0.15, 0.2) is 70.9 Å². The summed E-state index contributed by atoms with van der Waals surface area (Å²) in [5.74, 6) is 0. The highest BCUT2D eigenvalue weighted by Gasteiger charge is 2.04. The van der Waals surface area contributed by atoms with E-state index in [9.17, 15) is 0 Å². The van der Waals surface area contributed by atoms with Crippen molar-refractivity contribution in [2.75, 3.05) is 5.73 Å². The fraction of sp³-hybridized carbons (Fsp3) is 0.500. The van der Waals surface area contributed by atoms with Crippen molar-refractivity contribution < 1.29 is 0 Å². The first-order valence-corrected chi connectivity index (χ1v) is 14.1. The molecule has 0 aliphatic rings. The van der Waals surface area contributed by atoms with Crippen LogP contribution < -0.4 is 5.73 Å². The van der Waals surface area contributed by atoms with E-state index in [4.69, 9.17) is 5.73 Å². The van der Waals surface area contributed by atoms with Gasteiger partial charge in [0.05, 0.1) is 11.4 Å². The van der Waals surface area contributed by atoms with Gasteiger partial charge in [-0.2, -0.15) is 5.11 Å². The average molecular weight is 472 g/mol. The lowest BCUT2D eigenvalue weighted by Gasteiger charge is -2.05. The summed E-state index contributed by atoms with van der Waals surface area (Å²) in [6.07, 6.45) is 20.8. The molecular weight excluding hydrogens is 426 g/mol. The van der Waals surface area contributed by atoms with Gasteiger partial charge in [0.25, 0.3) is 0 Å². The van der Waals surface area contributed by atoms with Crippen molar-refractivity contribution in [3.8, 4) is 0 Å². The van der Waals surface area contributed by atoms with Crippen molar-refractivity contribution in [3.05, 3.63) is 66.2 Å². The predicted molar refractivity (Wildman–Crippen MR) is 153 cm³/mol. The Morgan fingerprint density at radius 2 is 1.14 bits per heavy atom. The van der Waals surface area contributed by atoms with Crippen LogP contribution >= 0.6 is 0 Å². The van der Waals surface area contributed by atoms with E-state index in [1.807, 2.05) is 30.3 Å². The summed E-state index contributed by atoms with van der Waals surface area (Å²) in [6.45, 7) is 2.29. The number of azo groups is 1. The van der Waals surface area contributed by atoms with Crippen LogP contribution in [0.2, 0.25) is 0 Å². The van der Waals surface area contributed by atoms with Crippen molar-refractivity contribution >= 4 is 27.8 Å². The molecule has 0 aliphatic heterocycles. The molecule has 0 bridgehead atoms. The molecule has 0 saturated heterocycles. The molecule has 0 atom stereocenters. The topological polar surface area (TPSA) is 50.7 Å². The zero-order valence-corrected chi connectivity index (χ0v) is 21.9. The second-order valence-electron chi connectivity index (χ2n) is 9.94. The molecule has 0 fully saturated rings. The van der Waals surface area contributed by atoms with Gasteiger partial charge >= 0.3 is 0 Å². The van der Waals surface area contributed by atoms with Crippen LogP contribution in [0, 0.1) is 0 Å². The minimum atomic E-state index is 0.655. The van der Waals surface area contributed by atoms with Crippen LogP contribution in [-0.4, -0.2) is 0 Å². The van der Waals surface area contributed by atoms with Gasteiger partial charge in [0.15, 0.2) is 0 Å². The Morgan fingerprint density at radius 3 is 1.77 bits per heavy atom. The van der Waals surface area contributed by atoms with E-state index in [1.165, 1.54) is 95.5 Å². The summed E-state index contributed by atoms with van der Waals surface area (Å²) in [6, 6.07) is 20.6. The maximum Gasteiger partial charge on any atom is 0.116 e. The van der Waals surface area contributed by atoms with E-state index in [2.05, 4.69) is 47.5 Å². The standard InChI is InChI=1S/C32H45N3/c1-2-3-4-5-6-7-8-9-10-11-12-13-14-15-18-27-21-24-29(25-22-27)34-35-32-30-20-17-16-19-28(30)23-26-31(32)33/h16-17,19-26H,2-15,18,33H2,1H3. The molecule has 3 rings (SSSR count). The second kappa shape index (κ2) is 16.1. The van der Waals surface area contributed by atoms with Gasteiger partial charge < -0.3 is 5.73 Å². The SMILES string of the molecule is CCCCCCCCCCCCCCCCc1ccc(N=Nc2c(N)ccc3ccccc23)cc1. The largest absolute Gasteiger partial charge is 0.397 e. The van der Waals surface area contributed by atoms with Crippen LogP contribution in [0.3, 0.4) is 0 Å². The molecule has 35 heavy (non-hydrogen) atoms. The lowest BCUT2D eigenvalue weighted by molar-refractivity contribution is 0.535. The van der Waals surface area contributed by atoms with Crippen LogP contribution in [0.25, 0.3) is 10.8 Å². The normalized spacial score (nSPS) is 11.6. The summed E-state index contributed by atoms with van der Waals surface area (Å²) in [7, 11) is 0. The van der Waals surface area contributed by atoms with Gasteiger partial charge in [-0.1, -0.05) is 133 Å². The first kappa shape index (κ1) is 26.9. The highest BCUT2D eigenvalue weighted by Crippen LogP contribution is 2.33. The maximum atomic E-state index is 6.17. The third kappa shape index (κ3) is 9.84. The Morgan fingerprint density at radius 1 is 0.571 bits per heavy atom. The molecule has 0 unspecified atom stereocenters. The zero-order chi connectivity index (χ0) is 24.6. The molecule has 2 N–H and O–H groups in total. The number of hydrogen-bond acceptors (Lipinski definition) is 3. The minimum Gasteiger partial charge on any atom is -0.397 e. The number of aryl methyl sites for hydroxylation is 1. The summed E-state index contributed by atoms with van der Waals surface area (Å²) >= 11 is 0. The van der Waals surface area contributed by atoms with E-state index in [-0.39, 0.29) is 0 Å². The van der Waals surface area contributed by atoms with Gasteiger partial charge in [-0.15, -0.1) is 5.11 Å². The molecule has 3 aromatic rings. The Kier molecular flexibility index (Phi) is 12.4. The van der Waals surface area contributed by atoms with Crippen molar-refractivity contribution in [1.82, 2.24) is 0 Å². The molecule has 0 aromatic heterocycles. The summed E-state index contributed by atoms with van der Waals surface area (Å²) < 4.78 is 0. The smallest absolute Gasteiger partial charge is 0.116 e. The van der Waals surface area contributed by atoms with Crippen molar-refractivity contribution in [2.24, 2.45) is 10.2 Å². The Bertz CT molecular complexity index is 1010. The third-order valence-electron chi connectivity index (χ3n) is 6.95. The number of unbranched alkanes of at least 4 members (excludes halogenated alkanes) is 13. The summed E-state index contributed by atoms with van der Waals surface area (Å²) in [5, 5.41) is 11.1. The molecule has 0 saturated carbocycles. The monoisotopic (exact) mass is 471 g/mol. The van der Waals surface area contributed by atoms with E-state index >= 15 is 0 Å². The lowest BCUT2D eigenvalue weighted by Crippen LogP contribution is -1.87. The first-order chi connectivity index (χ1) is 17.3. The number of rotatable bonds is 17. The Hall–Kier alpha value is -2.68. The molecule has 0 radical (unpaired) electrons. The third-order valence-corrected chi connectivity index (χ3v) is 6.95. The van der Waals surface area contributed by atoms with Crippen molar-refractivity contribution in [3.63, 3.8) is 0 Å². The zero-order valence-electron chi connectivity index (χ0n) is 21.9. The molecule has 3 aromatic carbocycles. The number of hydrogen-bond donors (Lipinski definition) is 1. The fourth-order valence-electron chi connectivity index (χ4n) is 4.74. The molecule has 188 valence electrons. The lowest BCUT2D eigenvalue weighted by atomic mass is 10.0. The van der Waals surface area contributed by atoms with Gasteiger partial charge in [0.2, 0.25) is 0 Å². The van der Waals surface area contributed by atoms with Crippen molar-refractivity contribution in [1.29, 1.82) is 0 Å².